The first-order chi connectivity index (χ1) is 19.5. The molecule has 0 spiro atoms. The fourth-order valence-corrected chi connectivity index (χ4v) is 6.31. The summed E-state index contributed by atoms with van der Waals surface area (Å²) >= 11 is 12.9. The molecule has 0 aliphatic carbocycles. The molecule has 0 fully saturated rings. The van der Waals surface area contributed by atoms with Gasteiger partial charge in [0, 0.05) is 28.2 Å². The highest BCUT2D eigenvalue weighted by atomic mass is 35.5. The van der Waals surface area contributed by atoms with Crippen molar-refractivity contribution < 1.29 is 18.0 Å². The van der Waals surface area contributed by atoms with Crippen LogP contribution in [0.2, 0.25) is 10.0 Å². The molecular formula is C31H37Cl2N3O4S. The van der Waals surface area contributed by atoms with Crippen LogP contribution in [0.4, 0.5) is 5.69 Å². The van der Waals surface area contributed by atoms with Crippen LogP contribution in [0.15, 0.2) is 77.7 Å². The minimum Gasteiger partial charge on any atom is -0.352 e. The maximum absolute atomic E-state index is 14.2. The Balaban J connectivity index is 2.09. The SMILES string of the molecule is CCc1ccc(N(CC(=O)N(Cc2c(Cl)cccc2Cl)[C@@H](CC)C(=O)N[C@H](C)CC)S(=O)(=O)c2ccccc2)cc1. The Kier molecular flexibility index (Phi) is 11.6. The van der Waals surface area contributed by atoms with E-state index in [0.717, 1.165) is 16.3 Å². The summed E-state index contributed by atoms with van der Waals surface area (Å²) in [4.78, 5) is 29.0. The average molecular weight is 619 g/mol. The minimum atomic E-state index is -4.13. The van der Waals surface area contributed by atoms with Gasteiger partial charge in [-0.25, -0.2) is 8.42 Å². The van der Waals surface area contributed by atoms with Crippen molar-refractivity contribution in [3.8, 4) is 0 Å². The zero-order valence-electron chi connectivity index (χ0n) is 23.8. The standard InChI is InChI=1S/C31H37Cl2N3O4S/c1-5-22(4)34-31(38)29(7-3)35(20-26-27(32)14-11-15-28(26)33)30(37)21-36(24-18-16-23(6-2)17-19-24)41(39,40)25-12-9-8-10-13-25/h8-19,22,29H,5-7,20-21H2,1-4H3,(H,34,38)/t22-,29+/m1/s1. The molecule has 0 aromatic heterocycles. The zero-order chi connectivity index (χ0) is 30.2. The second-order valence-electron chi connectivity index (χ2n) is 9.81. The van der Waals surface area contributed by atoms with Crippen molar-refractivity contribution in [2.24, 2.45) is 0 Å². The summed E-state index contributed by atoms with van der Waals surface area (Å²) in [6.45, 7) is 7.04. The predicted octanol–water partition coefficient (Wildman–Crippen LogP) is 6.47. The van der Waals surface area contributed by atoms with Gasteiger partial charge in [-0.15, -0.1) is 0 Å². The number of aryl methyl sites for hydroxylation is 1. The van der Waals surface area contributed by atoms with Gasteiger partial charge in [-0.1, -0.05) is 80.4 Å². The highest BCUT2D eigenvalue weighted by Crippen LogP contribution is 2.29. The van der Waals surface area contributed by atoms with Gasteiger partial charge in [0.25, 0.3) is 10.0 Å². The van der Waals surface area contributed by atoms with E-state index in [4.69, 9.17) is 23.2 Å². The average Bonchev–Trinajstić information content (AvgIpc) is 2.97. The molecule has 10 heteroatoms. The van der Waals surface area contributed by atoms with Gasteiger partial charge >= 0.3 is 0 Å². The molecule has 0 unspecified atom stereocenters. The first kappa shape index (κ1) is 32.4. The van der Waals surface area contributed by atoms with Crippen LogP contribution in [0.25, 0.3) is 0 Å². The van der Waals surface area contributed by atoms with E-state index < -0.39 is 28.5 Å². The van der Waals surface area contributed by atoms with Crippen molar-refractivity contribution in [3.05, 3.63) is 94.0 Å². The number of carbonyl (C=O) groups is 2. The molecule has 220 valence electrons. The Morgan fingerprint density at radius 3 is 2.00 bits per heavy atom. The monoisotopic (exact) mass is 617 g/mol. The Hall–Kier alpha value is -3.07. The first-order valence-corrected chi connectivity index (χ1v) is 15.9. The largest absolute Gasteiger partial charge is 0.352 e. The number of halogens is 2. The van der Waals surface area contributed by atoms with E-state index in [-0.39, 0.29) is 23.4 Å². The van der Waals surface area contributed by atoms with Crippen LogP contribution in [0, 0.1) is 0 Å². The summed E-state index contributed by atoms with van der Waals surface area (Å²) in [5.74, 6) is -0.894. The Morgan fingerprint density at radius 1 is 0.854 bits per heavy atom. The van der Waals surface area contributed by atoms with Crippen LogP contribution >= 0.6 is 23.2 Å². The molecule has 1 N–H and O–H groups in total. The quantitative estimate of drug-likeness (QED) is 0.238. The number of hydrogen-bond donors (Lipinski definition) is 1. The lowest BCUT2D eigenvalue weighted by atomic mass is 10.1. The van der Waals surface area contributed by atoms with E-state index in [0.29, 0.717) is 34.1 Å². The van der Waals surface area contributed by atoms with Gasteiger partial charge in [0.05, 0.1) is 10.6 Å². The molecule has 0 aliphatic rings. The molecule has 0 heterocycles. The zero-order valence-corrected chi connectivity index (χ0v) is 26.1. The molecule has 0 saturated heterocycles. The summed E-state index contributed by atoms with van der Waals surface area (Å²) in [5.41, 5.74) is 1.84. The Morgan fingerprint density at radius 2 is 1.46 bits per heavy atom. The van der Waals surface area contributed by atoms with Crippen molar-refractivity contribution >= 4 is 50.7 Å². The number of benzene rings is 3. The third kappa shape index (κ3) is 8.03. The fraction of sp³-hybridized carbons (Fsp3) is 0.355. The molecule has 41 heavy (non-hydrogen) atoms. The van der Waals surface area contributed by atoms with Gasteiger partial charge < -0.3 is 10.2 Å². The van der Waals surface area contributed by atoms with Gasteiger partial charge in [-0.2, -0.15) is 0 Å². The summed E-state index contributed by atoms with van der Waals surface area (Å²) in [6.07, 6.45) is 1.79. The van der Waals surface area contributed by atoms with E-state index in [1.165, 1.54) is 17.0 Å². The highest BCUT2D eigenvalue weighted by molar-refractivity contribution is 7.92. The third-order valence-electron chi connectivity index (χ3n) is 7.02. The van der Waals surface area contributed by atoms with Gasteiger partial charge in [0.2, 0.25) is 11.8 Å². The number of rotatable bonds is 13. The smallest absolute Gasteiger partial charge is 0.264 e. The fourth-order valence-electron chi connectivity index (χ4n) is 4.36. The molecule has 0 radical (unpaired) electrons. The lowest BCUT2D eigenvalue weighted by Crippen LogP contribution is -2.53. The van der Waals surface area contributed by atoms with Crippen LogP contribution in [-0.4, -0.2) is 43.8 Å². The minimum absolute atomic E-state index is 0.0506. The summed E-state index contributed by atoms with van der Waals surface area (Å²) in [7, 11) is -4.13. The maximum atomic E-state index is 14.2. The van der Waals surface area contributed by atoms with E-state index in [2.05, 4.69) is 5.32 Å². The van der Waals surface area contributed by atoms with Crippen molar-refractivity contribution in [2.75, 3.05) is 10.8 Å². The number of hydrogen-bond acceptors (Lipinski definition) is 4. The molecule has 0 bridgehead atoms. The van der Waals surface area contributed by atoms with Gasteiger partial charge in [0.15, 0.2) is 0 Å². The molecule has 3 rings (SSSR count). The van der Waals surface area contributed by atoms with E-state index in [9.17, 15) is 18.0 Å². The van der Waals surface area contributed by atoms with Gasteiger partial charge in [-0.05, 0) is 68.1 Å². The summed E-state index contributed by atoms with van der Waals surface area (Å²) < 4.78 is 28.9. The number of anilines is 1. The molecule has 2 amide bonds. The number of nitrogens with one attached hydrogen (secondary N) is 1. The number of sulfonamides is 1. The van der Waals surface area contributed by atoms with Gasteiger partial charge in [-0.3, -0.25) is 13.9 Å². The number of nitrogens with zero attached hydrogens (tertiary/aromatic N) is 2. The first-order valence-electron chi connectivity index (χ1n) is 13.7. The van der Waals surface area contributed by atoms with Crippen molar-refractivity contribution in [3.63, 3.8) is 0 Å². The second-order valence-corrected chi connectivity index (χ2v) is 12.5. The van der Waals surface area contributed by atoms with Crippen LogP contribution < -0.4 is 9.62 Å². The summed E-state index contributed by atoms with van der Waals surface area (Å²) in [6, 6.07) is 19.0. The van der Waals surface area contributed by atoms with E-state index in [1.807, 2.05) is 32.9 Å². The van der Waals surface area contributed by atoms with E-state index >= 15 is 0 Å². The normalized spacial score (nSPS) is 12.8. The maximum Gasteiger partial charge on any atom is 0.264 e. The van der Waals surface area contributed by atoms with Crippen molar-refractivity contribution in [1.29, 1.82) is 0 Å². The lowest BCUT2D eigenvalue weighted by Gasteiger charge is -2.34. The number of amides is 2. The lowest BCUT2D eigenvalue weighted by molar-refractivity contribution is -0.140. The molecule has 3 aromatic carbocycles. The van der Waals surface area contributed by atoms with E-state index in [1.54, 1.807) is 55.5 Å². The highest BCUT2D eigenvalue weighted by Gasteiger charge is 2.34. The van der Waals surface area contributed by atoms with Crippen LogP contribution in [0.3, 0.4) is 0 Å². The molecule has 0 saturated carbocycles. The predicted molar refractivity (Wildman–Crippen MR) is 166 cm³/mol. The number of carbonyl (C=O) groups excluding carboxylic acids is 2. The third-order valence-corrected chi connectivity index (χ3v) is 9.52. The topological polar surface area (TPSA) is 86.8 Å². The van der Waals surface area contributed by atoms with Crippen LogP contribution in [0.1, 0.15) is 51.7 Å². The molecule has 7 nitrogen and oxygen atoms in total. The van der Waals surface area contributed by atoms with Gasteiger partial charge in [0.1, 0.15) is 12.6 Å². The molecular weight excluding hydrogens is 581 g/mol. The van der Waals surface area contributed by atoms with Crippen molar-refractivity contribution in [2.45, 2.75) is 70.5 Å². The summed E-state index contributed by atoms with van der Waals surface area (Å²) in [5, 5.41) is 3.64. The van der Waals surface area contributed by atoms with Crippen molar-refractivity contribution in [1.82, 2.24) is 10.2 Å². The molecule has 0 aliphatic heterocycles. The molecule has 3 aromatic rings. The van der Waals surface area contributed by atoms with Crippen LogP contribution in [0.5, 0.6) is 0 Å². The Bertz CT molecular complexity index is 1410. The second kappa shape index (κ2) is 14.7. The Labute approximate surface area is 253 Å². The van der Waals surface area contributed by atoms with Crippen LogP contribution in [-0.2, 0) is 32.6 Å². The molecule has 2 atom stereocenters.